The molecule has 1 N–H and O–H groups in total. The first-order chi connectivity index (χ1) is 8.23. The number of carbonyl (C=O) groups excluding carboxylic acids is 1. The third-order valence-corrected chi connectivity index (χ3v) is 3.72. The third kappa shape index (κ3) is 1.52. The van der Waals surface area contributed by atoms with Gasteiger partial charge in [0.05, 0.1) is 5.69 Å². The van der Waals surface area contributed by atoms with Crippen LogP contribution in [0.15, 0.2) is 24.3 Å². The van der Waals surface area contributed by atoms with Gasteiger partial charge in [-0.1, -0.05) is 18.2 Å². The maximum Gasteiger partial charge on any atom is 0.414 e. The molecule has 1 spiro atoms. The van der Waals surface area contributed by atoms with Crippen LogP contribution in [0, 0.1) is 0 Å². The molecule has 1 amide bonds. The van der Waals surface area contributed by atoms with Gasteiger partial charge in [-0.2, -0.15) is 0 Å². The smallest absolute Gasteiger partial charge is 0.414 e. The van der Waals surface area contributed by atoms with Crippen LogP contribution in [0.3, 0.4) is 0 Å². The molecule has 4 nitrogen and oxygen atoms in total. The van der Waals surface area contributed by atoms with Crippen molar-refractivity contribution in [3.63, 3.8) is 0 Å². The number of hydrogen-bond acceptors (Lipinski definition) is 3. The number of hydrogen-bond donors (Lipinski definition) is 1. The Labute approximate surface area is 101 Å². The van der Waals surface area contributed by atoms with E-state index in [-0.39, 0.29) is 6.09 Å². The van der Waals surface area contributed by atoms with E-state index in [1.54, 1.807) is 11.9 Å². The zero-order chi connectivity index (χ0) is 11.9. The minimum absolute atomic E-state index is 0.245. The summed E-state index contributed by atoms with van der Waals surface area (Å²) in [5.74, 6) is 0. The molecule has 0 atom stereocenters. The number of rotatable bonds is 0. The monoisotopic (exact) mass is 232 g/mol. The number of fused-ring (bicyclic) bond motifs is 2. The van der Waals surface area contributed by atoms with E-state index >= 15 is 0 Å². The van der Waals surface area contributed by atoms with Crippen LogP contribution in [0.5, 0.6) is 0 Å². The van der Waals surface area contributed by atoms with Crippen LogP contribution in [0.25, 0.3) is 0 Å². The lowest BCUT2D eigenvalue weighted by atomic mass is 9.82. The molecule has 0 aromatic heterocycles. The molecule has 0 aliphatic carbocycles. The second kappa shape index (κ2) is 3.74. The van der Waals surface area contributed by atoms with Gasteiger partial charge in [0.25, 0.3) is 0 Å². The number of para-hydroxylation sites is 1. The van der Waals surface area contributed by atoms with E-state index in [0.29, 0.717) is 0 Å². The normalized spacial score (nSPS) is 22.2. The second-order valence-corrected chi connectivity index (χ2v) is 4.69. The minimum Gasteiger partial charge on any atom is -0.437 e. The Hall–Kier alpha value is -1.55. The SMILES string of the molecule is CN1C(=O)OC2(CCNCC2)c2ccccc21. The lowest BCUT2D eigenvalue weighted by Crippen LogP contribution is -2.49. The Morgan fingerprint density at radius 1 is 1.29 bits per heavy atom. The van der Waals surface area contributed by atoms with Crippen LogP contribution in [0.1, 0.15) is 18.4 Å². The third-order valence-electron chi connectivity index (χ3n) is 3.72. The van der Waals surface area contributed by atoms with Crippen LogP contribution < -0.4 is 10.2 Å². The zero-order valence-electron chi connectivity index (χ0n) is 9.90. The number of nitrogens with zero attached hydrogens (tertiary/aromatic N) is 1. The fraction of sp³-hybridized carbons (Fsp3) is 0.462. The quantitative estimate of drug-likeness (QED) is 0.742. The summed E-state index contributed by atoms with van der Waals surface area (Å²) in [6.07, 6.45) is 1.46. The molecule has 1 saturated heterocycles. The first-order valence-corrected chi connectivity index (χ1v) is 6.00. The molecule has 0 bridgehead atoms. The average molecular weight is 232 g/mol. The molecule has 1 aromatic rings. The molecule has 90 valence electrons. The number of ether oxygens (including phenoxy) is 1. The van der Waals surface area contributed by atoms with Gasteiger partial charge in [-0.25, -0.2) is 4.79 Å². The fourth-order valence-corrected chi connectivity index (χ4v) is 2.74. The molecule has 1 aromatic carbocycles. The lowest BCUT2D eigenvalue weighted by Gasteiger charge is -2.43. The maximum atomic E-state index is 11.9. The molecule has 1 fully saturated rings. The highest BCUT2D eigenvalue weighted by Crippen LogP contribution is 2.43. The minimum atomic E-state index is -0.411. The molecule has 0 unspecified atom stereocenters. The van der Waals surface area contributed by atoms with Gasteiger partial charge in [-0.15, -0.1) is 0 Å². The summed E-state index contributed by atoms with van der Waals surface area (Å²) in [6.45, 7) is 1.79. The molecular formula is C13H16N2O2. The van der Waals surface area contributed by atoms with Gasteiger partial charge in [0.2, 0.25) is 0 Å². The lowest BCUT2D eigenvalue weighted by molar-refractivity contribution is -0.0170. The topological polar surface area (TPSA) is 41.6 Å². The largest absolute Gasteiger partial charge is 0.437 e. The molecule has 2 aliphatic heterocycles. The Kier molecular flexibility index (Phi) is 2.33. The molecule has 0 radical (unpaired) electrons. The van der Waals surface area contributed by atoms with Crippen LogP contribution in [0.2, 0.25) is 0 Å². The van der Waals surface area contributed by atoms with Crippen molar-refractivity contribution < 1.29 is 9.53 Å². The summed E-state index contributed by atoms with van der Waals surface area (Å²) >= 11 is 0. The number of amides is 1. The van der Waals surface area contributed by atoms with E-state index in [2.05, 4.69) is 11.4 Å². The molecule has 3 rings (SSSR count). The van der Waals surface area contributed by atoms with Crippen LogP contribution in [0.4, 0.5) is 10.5 Å². The van der Waals surface area contributed by atoms with E-state index in [0.717, 1.165) is 37.2 Å². The van der Waals surface area contributed by atoms with Gasteiger partial charge in [-0.3, -0.25) is 4.90 Å². The number of piperidine rings is 1. The molecule has 2 aliphatic rings. The van der Waals surface area contributed by atoms with Gasteiger partial charge in [0.15, 0.2) is 0 Å². The van der Waals surface area contributed by atoms with Crippen molar-refractivity contribution >= 4 is 11.8 Å². The van der Waals surface area contributed by atoms with Crippen molar-refractivity contribution in [1.82, 2.24) is 5.32 Å². The molecule has 4 heteroatoms. The highest BCUT2D eigenvalue weighted by Gasteiger charge is 2.44. The van der Waals surface area contributed by atoms with Gasteiger partial charge >= 0.3 is 6.09 Å². The maximum absolute atomic E-state index is 11.9. The summed E-state index contributed by atoms with van der Waals surface area (Å²) in [4.78, 5) is 13.5. The van der Waals surface area contributed by atoms with Gasteiger partial charge < -0.3 is 10.1 Å². The summed E-state index contributed by atoms with van der Waals surface area (Å²) < 4.78 is 5.70. The Bertz CT molecular complexity index is 452. The Morgan fingerprint density at radius 3 is 2.76 bits per heavy atom. The summed E-state index contributed by atoms with van der Waals surface area (Å²) in [5, 5.41) is 3.31. The van der Waals surface area contributed by atoms with Gasteiger partial charge in [0, 0.05) is 25.5 Å². The average Bonchev–Trinajstić information content (AvgIpc) is 2.38. The Morgan fingerprint density at radius 2 is 2.00 bits per heavy atom. The van der Waals surface area contributed by atoms with Crippen molar-refractivity contribution in [2.24, 2.45) is 0 Å². The van der Waals surface area contributed by atoms with E-state index < -0.39 is 5.60 Å². The molecule has 17 heavy (non-hydrogen) atoms. The van der Waals surface area contributed by atoms with Crippen molar-refractivity contribution in [1.29, 1.82) is 0 Å². The molecule has 0 saturated carbocycles. The number of nitrogens with one attached hydrogen (secondary N) is 1. The van der Waals surface area contributed by atoms with Crippen molar-refractivity contribution in [3.8, 4) is 0 Å². The highest BCUT2D eigenvalue weighted by molar-refractivity contribution is 5.91. The van der Waals surface area contributed by atoms with E-state index in [1.165, 1.54) is 0 Å². The summed E-state index contributed by atoms with van der Waals surface area (Å²) in [5.41, 5.74) is 1.71. The zero-order valence-corrected chi connectivity index (χ0v) is 9.90. The van der Waals surface area contributed by atoms with E-state index in [4.69, 9.17) is 4.74 Å². The number of benzene rings is 1. The summed E-state index contributed by atoms with van der Waals surface area (Å²) in [6, 6.07) is 8.03. The molecular weight excluding hydrogens is 216 g/mol. The van der Waals surface area contributed by atoms with Crippen molar-refractivity contribution in [3.05, 3.63) is 29.8 Å². The first kappa shape index (κ1) is 10.6. The van der Waals surface area contributed by atoms with Crippen LogP contribution in [-0.4, -0.2) is 26.2 Å². The van der Waals surface area contributed by atoms with Crippen molar-refractivity contribution in [2.75, 3.05) is 25.0 Å². The number of carbonyl (C=O) groups is 1. The van der Waals surface area contributed by atoms with Gasteiger partial charge in [0.1, 0.15) is 5.60 Å². The number of anilines is 1. The predicted octanol–water partition coefficient (Wildman–Crippen LogP) is 1.85. The van der Waals surface area contributed by atoms with E-state index in [1.807, 2.05) is 18.2 Å². The molecule has 2 heterocycles. The second-order valence-electron chi connectivity index (χ2n) is 4.69. The fourth-order valence-electron chi connectivity index (χ4n) is 2.74. The Balaban J connectivity index is 2.12. The first-order valence-electron chi connectivity index (χ1n) is 6.00. The summed E-state index contributed by atoms with van der Waals surface area (Å²) in [7, 11) is 1.76. The van der Waals surface area contributed by atoms with Crippen LogP contribution >= 0.6 is 0 Å². The van der Waals surface area contributed by atoms with Gasteiger partial charge in [-0.05, 0) is 19.2 Å². The van der Waals surface area contributed by atoms with Crippen molar-refractivity contribution in [2.45, 2.75) is 18.4 Å². The van der Waals surface area contributed by atoms with E-state index in [9.17, 15) is 4.79 Å². The highest BCUT2D eigenvalue weighted by atomic mass is 16.6. The van der Waals surface area contributed by atoms with Crippen LogP contribution in [-0.2, 0) is 10.3 Å². The standard InChI is InChI=1S/C13H16N2O2/c1-15-11-5-3-2-4-10(11)13(17-12(15)16)6-8-14-9-7-13/h2-5,14H,6-9H2,1H3. The predicted molar refractivity (Wildman–Crippen MR) is 65.1 cm³/mol.